The number of hydrogen-bond acceptors (Lipinski definition) is 5. The summed E-state index contributed by atoms with van der Waals surface area (Å²) in [5.41, 5.74) is 1.72. The minimum absolute atomic E-state index is 0.0628. The van der Waals surface area contributed by atoms with E-state index in [9.17, 15) is 23.2 Å². The van der Waals surface area contributed by atoms with Gasteiger partial charge < -0.3 is 0 Å². The minimum Gasteiger partial charge on any atom is -0.290 e. The highest BCUT2D eigenvalue weighted by molar-refractivity contribution is 9.10. The molecule has 0 atom stereocenters. The van der Waals surface area contributed by atoms with Crippen LogP contribution in [0.4, 0.5) is 19.1 Å². The van der Waals surface area contributed by atoms with Crippen LogP contribution >= 0.6 is 15.9 Å². The molecule has 0 aliphatic carbocycles. The first-order valence-corrected chi connectivity index (χ1v) is 8.84. The summed E-state index contributed by atoms with van der Waals surface area (Å²) in [5, 5.41) is 13.1. The van der Waals surface area contributed by atoms with E-state index in [1.54, 1.807) is 30.3 Å². The molecule has 0 unspecified atom stereocenters. The van der Waals surface area contributed by atoms with Crippen molar-refractivity contribution in [1.82, 2.24) is 9.97 Å². The first-order chi connectivity index (χ1) is 13.8. The number of alkyl halides is 3. The molecule has 0 radical (unpaired) electrons. The van der Waals surface area contributed by atoms with Gasteiger partial charge in [-0.1, -0.05) is 46.3 Å². The van der Waals surface area contributed by atoms with Crippen molar-refractivity contribution in [2.24, 2.45) is 5.10 Å². The van der Waals surface area contributed by atoms with Crippen LogP contribution in [0.25, 0.3) is 11.3 Å². The Balaban J connectivity index is 1.92. The average molecular weight is 462 g/mol. The van der Waals surface area contributed by atoms with Crippen LogP contribution in [-0.2, 0) is 6.18 Å². The molecule has 6 nitrogen and oxygen atoms in total. The van der Waals surface area contributed by atoms with Gasteiger partial charge in [-0.05, 0) is 18.2 Å². The highest BCUT2D eigenvalue weighted by Crippen LogP contribution is 2.31. The molecule has 0 aliphatic rings. The quantitative estimate of drug-likeness (QED) is 0.440. The number of anilines is 1. The number of benzene rings is 2. The van der Waals surface area contributed by atoms with Crippen LogP contribution in [0.5, 0.6) is 0 Å². The summed E-state index contributed by atoms with van der Waals surface area (Å²) in [6.45, 7) is 0. The van der Waals surface area contributed by atoms with Crippen molar-refractivity contribution in [3.63, 3.8) is 0 Å². The summed E-state index contributed by atoms with van der Waals surface area (Å²) in [6.07, 6.45) is -3.33. The molecule has 0 bridgehead atoms. The number of rotatable bonds is 4. The molecule has 0 fully saturated rings. The molecule has 0 amide bonds. The molecule has 0 saturated carbocycles. The van der Waals surface area contributed by atoms with E-state index in [0.717, 1.165) is 18.3 Å². The van der Waals surface area contributed by atoms with Gasteiger partial charge in [0.05, 0.1) is 17.5 Å². The second-order valence-corrected chi connectivity index (χ2v) is 6.57. The lowest BCUT2D eigenvalue weighted by molar-refractivity contribution is -0.137. The molecule has 1 heterocycles. The topological polar surface area (TPSA) is 93.9 Å². The van der Waals surface area contributed by atoms with E-state index in [1.165, 1.54) is 6.07 Å². The SMILES string of the molecule is N#Cc1c(-c2ccccc2)nc(NN=Cc2cc(C(F)(F)F)ccc2Br)[nH]c1=O. The van der Waals surface area contributed by atoms with Gasteiger partial charge in [-0.25, -0.2) is 10.4 Å². The van der Waals surface area contributed by atoms with Crippen molar-refractivity contribution < 1.29 is 13.2 Å². The Bertz CT molecular complexity index is 1170. The fourth-order valence-corrected chi connectivity index (χ4v) is 2.77. The fraction of sp³-hybridized carbons (Fsp3) is 0.0526. The number of halogens is 4. The van der Waals surface area contributed by atoms with E-state index in [4.69, 9.17) is 0 Å². The van der Waals surface area contributed by atoms with E-state index in [1.807, 2.05) is 6.07 Å². The first-order valence-electron chi connectivity index (χ1n) is 8.05. The number of hydrogen-bond donors (Lipinski definition) is 2. The Hall–Kier alpha value is -3.45. The molecule has 1 aromatic heterocycles. The highest BCUT2D eigenvalue weighted by atomic mass is 79.9. The monoisotopic (exact) mass is 461 g/mol. The summed E-state index contributed by atoms with van der Waals surface area (Å²) in [7, 11) is 0. The second-order valence-electron chi connectivity index (χ2n) is 5.72. The zero-order valence-electron chi connectivity index (χ0n) is 14.5. The van der Waals surface area contributed by atoms with Gasteiger partial charge >= 0.3 is 6.18 Å². The Labute approximate surface area is 170 Å². The number of hydrazone groups is 1. The molecule has 0 spiro atoms. The van der Waals surface area contributed by atoms with Crippen LogP contribution in [0, 0.1) is 11.3 Å². The zero-order chi connectivity index (χ0) is 21.0. The standard InChI is InChI=1S/C19H11BrF3N5O/c20-15-7-6-13(19(21,22)23)8-12(15)10-25-28-18-26-16(11-4-2-1-3-5-11)14(9-24)17(29)27-18/h1-8,10H,(H2,26,27,28,29). The van der Waals surface area contributed by atoms with E-state index in [0.29, 0.717) is 10.0 Å². The summed E-state index contributed by atoms with van der Waals surface area (Å²) in [5.74, 6) is -0.0628. The van der Waals surface area contributed by atoms with Crippen molar-refractivity contribution >= 4 is 28.1 Å². The molecule has 0 aliphatic heterocycles. The molecular weight excluding hydrogens is 451 g/mol. The third-order valence-corrected chi connectivity index (χ3v) is 4.50. The lowest BCUT2D eigenvalue weighted by Crippen LogP contribution is -2.16. The molecule has 29 heavy (non-hydrogen) atoms. The van der Waals surface area contributed by atoms with Crippen LogP contribution in [-0.4, -0.2) is 16.2 Å². The normalized spacial score (nSPS) is 11.4. The number of H-pyrrole nitrogens is 1. The number of nitrogens with one attached hydrogen (secondary N) is 2. The maximum atomic E-state index is 12.9. The Kier molecular flexibility index (Phi) is 5.79. The zero-order valence-corrected chi connectivity index (χ0v) is 16.0. The van der Waals surface area contributed by atoms with Crippen molar-refractivity contribution in [1.29, 1.82) is 5.26 Å². The smallest absolute Gasteiger partial charge is 0.290 e. The summed E-state index contributed by atoms with van der Waals surface area (Å²) in [6, 6.07) is 13.6. The van der Waals surface area contributed by atoms with Gasteiger partial charge in [-0.3, -0.25) is 9.78 Å². The minimum atomic E-state index is -4.48. The van der Waals surface area contributed by atoms with Gasteiger partial charge in [0.2, 0.25) is 5.95 Å². The van der Waals surface area contributed by atoms with Crippen molar-refractivity contribution in [2.75, 3.05) is 5.43 Å². The van der Waals surface area contributed by atoms with Crippen LogP contribution in [0.15, 0.2) is 62.9 Å². The summed E-state index contributed by atoms with van der Waals surface area (Å²) in [4.78, 5) is 18.7. The predicted octanol–water partition coefficient (Wildman–Crippen LogP) is 4.54. The number of aromatic amines is 1. The van der Waals surface area contributed by atoms with Gasteiger partial charge in [0.15, 0.2) is 0 Å². The summed E-state index contributed by atoms with van der Waals surface area (Å²) < 4.78 is 39.0. The maximum Gasteiger partial charge on any atom is 0.416 e. The molecule has 3 aromatic rings. The third-order valence-electron chi connectivity index (χ3n) is 3.78. The Morgan fingerprint density at radius 2 is 1.93 bits per heavy atom. The lowest BCUT2D eigenvalue weighted by Gasteiger charge is -2.08. The lowest BCUT2D eigenvalue weighted by atomic mass is 10.1. The van der Waals surface area contributed by atoms with Gasteiger partial charge in [0, 0.05) is 15.6 Å². The van der Waals surface area contributed by atoms with Crippen LogP contribution in [0.1, 0.15) is 16.7 Å². The molecule has 146 valence electrons. The average Bonchev–Trinajstić information content (AvgIpc) is 2.69. The van der Waals surface area contributed by atoms with Gasteiger partial charge in [0.25, 0.3) is 5.56 Å². The van der Waals surface area contributed by atoms with Crippen LogP contribution < -0.4 is 11.0 Å². The van der Waals surface area contributed by atoms with Crippen molar-refractivity contribution in [3.05, 3.63) is 80.0 Å². The highest BCUT2D eigenvalue weighted by Gasteiger charge is 2.30. The largest absolute Gasteiger partial charge is 0.416 e. The molecule has 3 rings (SSSR count). The first kappa shape index (κ1) is 20.3. The van der Waals surface area contributed by atoms with Gasteiger partial charge in [-0.15, -0.1) is 0 Å². The third kappa shape index (κ3) is 4.70. The van der Waals surface area contributed by atoms with Gasteiger partial charge in [-0.2, -0.15) is 23.5 Å². The van der Waals surface area contributed by atoms with Crippen LogP contribution in [0.2, 0.25) is 0 Å². The number of aromatic nitrogens is 2. The second kappa shape index (κ2) is 8.28. The molecule has 2 aromatic carbocycles. The molecule has 0 saturated heterocycles. The Morgan fingerprint density at radius 3 is 2.59 bits per heavy atom. The predicted molar refractivity (Wildman–Crippen MR) is 105 cm³/mol. The van der Waals surface area contributed by atoms with E-state index < -0.39 is 17.3 Å². The molecule has 2 N–H and O–H groups in total. The van der Waals surface area contributed by atoms with E-state index in [2.05, 4.69) is 36.4 Å². The molecular formula is C19H11BrF3N5O. The number of nitriles is 1. The fourth-order valence-electron chi connectivity index (χ4n) is 2.42. The van der Waals surface area contributed by atoms with Crippen molar-refractivity contribution in [3.8, 4) is 17.3 Å². The van der Waals surface area contributed by atoms with Gasteiger partial charge in [0.1, 0.15) is 11.6 Å². The number of nitrogens with zero attached hydrogens (tertiary/aromatic N) is 3. The van der Waals surface area contributed by atoms with E-state index >= 15 is 0 Å². The Morgan fingerprint density at radius 1 is 1.21 bits per heavy atom. The summed E-state index contributed by atoms with van der Waals surface area (Å²) >= 11 is 3.16. The molecule has 10 heteroatoms. The maximum absolute atomic E-state index is 12.9. The van der Waals surface area contributed by atoms with E-state index in [-0.39, 0.29) is 22.8 Å². The van der Waals surface area contributed by atoms with Crippen molar-refractivity contribution in [2.45, 2.75) is 6.18 Å². The van der Waals surface area contributed by atoms with Crippen LogP contribution in [0.3, 0.4) is 0 Å².